The maximum Gasteiger partial charge on any atom is 0.264 e. The Hall–Kier alpha value is -1.69. The van der Waals surface area contributed by atoms with Crippen LogP contribution in [0.3, 0.4) is 0 Å². The van der Waals surface area contributed by atoms with Gasteiger partial charge in [0.05, 0.1) is 10.3 Å². The Morgan fingerprint density at radius 3 is 2.55 bits per heavy atom. The molecule has 1 fully saturated rings. The number of nitrogens with one attached hydrogen (secondary N) is 1. The average Bonchev–Trinajstić information content (AvgIpc) is 2.75. The van der Waals surface area contributed by atoms with E-state index in [1.54, 1.807) is 6.92 Å². The minimum atomic E-state index is -0.157. The molecule has 22 heavy (non-hydrogen) atoms. The summed E-state index contributed by atoms with van der Waals surface area (Å²) >= 11 is 1.34. The normalized spacial score (nSPS) is 22.3. The van der Waals surface area contributed by atoms with Gasteiger partial charge in [0, 0.05) is 12.1 Å². The van der Waals surface area contributed by atoms with Gasteiger partial charge in [-0.3, -0.25) is 9.59 Å². The van der Waals surface area contributed by atoms with Gasteiger partial charge in [-0.05, 0) is 52.5 Å². The lowest BCUT2D eigenvalue weighted by atomic mass is 9.97. The first-order valence-corrected chi connectivity index (χ1v) is 8.54. The number of hydrogen-bond acceptors (Lipinski definition) is 4. The number of aromatic amines is 1. The van der Waals surface area contributed by atoms with Gasteiger partial charge in [0.15, 0.2) is 0 Å². The number of hydrogen-bond donors (Lipinski definition) is 1. The van der Waals surface area contributed by atoms with E-state index in [2.05, 4.69) is 23.8 Å². The van der Waals surface area contributed by atoms with E-state index in [4.69, 9.17) is 0 Å². The molecule has 3 heterocycles. The molecular formula is C16H21N3O2S. The number of thiophene rings is 1. The van der Waals surface area contributed by atoms with Crippen molar-refractivity contribution in [1.29, 1.82) is 0 Å². The second-order valence-corrected chi connectivity index (χ2v) is 7.23. The van der Waals surface area contributed by atoms with Crippen LogP contribution in [-0.4, -0.2) is 32.9 Å². The fourth-order valence-electron chi connectivity index (χ4n) is 3.39. The van der Waals surface area contributed by atoms with E-state index in [1.807, 2.05) is 11.8 Å². The largest absolute Gasteiger partial charge is 0.333 e. The Morgan fingerprint density at radius 1 is 1.27 bits per heavy atom. The van der Waals surface area contributed by atoms with Gasteiger partial charge in [-0.1, -0.05) is 0 Å². The highest BCUT2D eigenvalue weighted by molar-refractivity contribution is 7.20. The summed E-state index contributed by atoms with van der Waals surface area (Å²) < 4.78 is 0. The molecule has 1 aliphatic heterocycles. The predicted octanol–water partition coefficient (Wildman–Crippen LogP) is 3.00. The molecule has 2 atom stereocenters. The van der Waals surface area contributed by atoms with Crippen LogP contribution in [0.4, 0.5) is 0 Å². The van der Waals surface area contributed by atoms with E-state index < -0.39 is 0 Å². The molecule has 2 aromatic heterocycles. The first kappa shape index (κ1) is 15.2. The molecular weight excluding hydrogens is 298 g/mol. The Morgan fingerprint density at radius 2 is 1.91 bits per heavy atom. The number of amides is 1. The molecule has 0 radical (unpaired) electrons. The standard InChI is InChI=1S/C16H21N3O2S/c1-8-6-5-7-9(2)19(8)16(21)13-10(3)12-14(20)17-11(4)18-15(12)22-13/h8-9H,5-7H2,1-4H3,(H,17,18,20). The molecule has 0 aromatic carbocycles. The van der Waals surface area contributed by atoms with E-state index >= 15 is 0 Å². The highest BCUT2D eigenvalue weighted by Crippen LogP contribution is 2.31. The summed E-state index contributed by atoms with van der Waals surface area (Å²) in [6.07, 6.45) is 3.24. The van der Waals surface area contributed by atoms with Crippen LogP contribution in [0, 0.1) is 13.8 Å². The minimum Gasteiger partial charge on any atom is -0.333 e. The summed E-state index contributed by atoms with van der Waals surface area (Å²) in [5.74, 6) is 0.620. The Balaban J connectivity index is 2.10. The van der Waals surface area contributed by atoms with E-state index in [0.717, 1.165) is 24.8 Å². The zero-order valence-electron chi connectivity index (χ0n) is 13.4. The van der Waals surface area contributed by atoms with E-state index in [9.17, 15) is 9.59 Å². The quantitative estimate of drug-likeness (QED) is 0.878. The van der Waals surface area contributed by atoms with Gasteiger partial charge in [-0.15, -0.1) is 11.3 Å². The van der Waals surface area contributed by atoms with Gasteiger partial charge in [0.2, 0.25) is 0 Å². The lowest BCUT2D eigenvalue weighted by Gasteiger charge is -2.39. The van der Waals surface area contributed by atoms with Gasteiger partial charge >= 0.3 is 0 Å². The number of piperidine rings is 1. The first-order valence-electron chi connectivity index (χ1n) is 7.72. The van der Waals surface area contributed by atoms with Gasteiger partial charge in [0.1, 0.15) is 10.7 Å². The van der Waals surface area contributed by atoms with Gasteiger partial charge in [0.25, 0.3) is 11.5 Å². The molecule has 5 nitrogen and oxygen atoms in total. The van der Waals surface area contributed by atoms with Gasteiger partial charge in [-0.2, -0.15) is 0 Å². The maximum absolute atomic E-state index is 13.0. The summed E-state index contributed by atoms with van der Waals surface area (Å²) in [7, 11) is 0. The number of likely N-dealkylation sites (tertiary alicyclic amines) is 1. The number of rotatable bonds is 1. The van der Waals surface area contributed by atoms with Crippen LogP contribution in [0.5, 0.6) is 0 Å². The fraction of sp³-hybridized carbons (Fsp3) is 0.562. The molecule has 2 aromatic rings. The van der Waals surface area contributed by atoms with Crippen molar-refractivity contribution in [1.82, 2.24) is 14.9 Å². The molecule has 2 unspecified atom stereocenters. The molecule has 118 valence electrons. The van der Waals surface area contributed by atoms with Crippen LogP contribution in [0.15, 0.2) is 4.79 Å². The Labute approximate surface area is 133 Å². The maximum atomic E-state index is 13.0. The zero-order chi connectivity index (χ0) is 16.0. The van der Waals surface area contributed by atoms with Crippen LogP contribution in [-0.2, 0) is 0 Å². The molecule has 1 aliphatic rings. The second-order valence-electron chi connectivity index (χ2n) is 6.23. The van der Waals surface area contributed by atoms with Crippen LogP contribution in [0.25, 0.3) is 10.2 Å². The van der Waals surface area contributed by atoms with Gasteiger partial charge in [-0.25, -0.2) is 4.98 Å². The molecule has 0 aliphatic carbocycles. The molecule has 0 bridgehead atoms. The summed E-state index contributed by atoms with van der Waals surface area (Å²) in [5, 5.41) is 0.552. The molecule has 3 rings (SSSR count). The van der Waals surface area contributed by atoms with E-state index in [0.29, 0.717) is 20.9 Å². The lowest BCUT2D eigenvalue weighted by molar-refractivity contribution is 0.0515. The topological polar surface area (TPSA) is 66.1 Å². The van der Waals surface area contributed by atoms with Crippen LogP contribution in [0.2, 0.25) is 0 Å². The molecule has 0 spiro atoms. The van der Waals surface area contributed by atoms with Crippen LogP contribution >= 0.6 is 11.3 Å². The van der Waals surface area contributed by atoms with Crippen molar-refractivity contribution in [2.45, 2.75) is 59.0 Å². The van der Waals surface area contributed by atoms with Crippen molar-refractivity contribution in [3.8, 4) is 0 Å². The van der Waals surface area contributed by atoms with Crippen molar-refractivity contribution in [3.63, 3.8) is 0 Å². The third kappa shape index (κ3) is 2.35. The lowest BCUT2D eigenvalue weighted by Crippen LogP contribution is -2.47. The molecule has 6 heteroatoms. The Kier molecular flexibility index (Phi) is 3.80. The highest BCUT2D eigenvalue weighted by atomic mass is 32.1. The monoisotopic (exact) mass is 319 g/mol. The van der Waals surface area contributed by atoms with Crippen molar-refractivity contribution >= 4 is 27.5 Å². The number of aromatic nitrogens is 2. The van der Waals surface area contributed by atoms with Crippen LogP contribution < -0.4 is 5.56 Å². The highest BCUT2D eigenvalue weighted by Gasteiger charge is 2.32. The molecule has 1 saturated heterocycles. The number of fused-ring (bicyclic) bond motifs is 1. The number of nitrogens with zero attached hydrogens (tertiary/aromatic N) is 2. The van der Waals surface area contributed by atoms with Crippen molar-refractivity contribution in [3.05, 3.63) is 26.6 Å². The summed E-state index contributed by atoms with van der Waals surface area (Å²) in [4.78, 5) is 35.5. The third-order valence-electron chi connectivity index (χ3n) is 4.54. The predicted molar refractivity (Wildman–Crippen MR) is 88.7 cm³/mol. The SMILES string of the molecule is Cc1nc2sc(C(=O)N3C(C)CCCC3C)c(C)c2c(=O)[nH]1. The van der Waals surface area contributed by atoms with E-state index in [1.165, 1.54) is 11.3 Å². The summed E-state index contributed by atoms with van der Waals surface area (Å²) in [6.45, 7) is 7.81. The Bertz CT molecular complexity index is 783. The molecule has 1 N–H and O–H groups in total. The smallest absolute Gasteiger partial charge is 0.264 e. The summed E-state index contributed by atoms with van der Waals surface area (Å²) in [5.41, 5.74) is 0.596. The first-order chi connectivity index (χ1) is 10.4. The van der Waals surface area contributed by atoms with Crippen molar-refractivity contribution in [2.75, 3.05) is 0 Å². The number of H-pyrrole nitrogens is 1. The average molecular weight is 319 g/mol. The fourth-order valence-corrected chi connectivity index (χ4v) is 4.57. The third-order valence-corrected chi connectivity index (χ3v) is 5.71. The molecule has 1 amide bonds. The van der Waals surface area contributed by atoms with Crippen molar-refractivity contribution in [2.24, 2.45) is 0 Å². The minimum absolute atomic E-state index is 0.0391. The number of carbonyl (C=O) groups excluding carboxylic acids is 1. The summed E-state index contributed by atoms with van der Waals surface area (Å²) in [6, 6.07) is 0.489. The van der Waals surface area contributed by atoms with Gasteiger partial charge < -0.3 is 9.88 Å². The van der Waals surface area contributed by atoms with E-state index in [-0.39, 0.29) is 23.6 Å². The van der Waals surface area contributed by atoms with Crippen molar-refractivity contribution < 1.29 is 4.79 Å². The zero-order valence-corrected chi connectivity index (χ0v) is 14.2. The second kappa shape index (κ2) is 5.50. The van der Waals surface area contributed by atoms with Crippen LogP contribution in [0.1, 0.15) is 54.2 Å². The number of carbonyl (C=O) groups is 1. The number of aryl methyl sites for hydroxylation is 2. The molecule has 0 saturated carbocycles.